The van der Waals surface area contributed by atoms with Gasteiger partial charge in [-0.25, -0.2) is 4.98 Å². The summed E-state index contributed by atoms with van der Waals surface area (Å²) in [6.45, 7) is 2.14. The Morgan fingerprint density at radius 2 is 2.08 bits per heavy atom. The maximum Gasteiger partial charge on any atom is 0.255 e. The Balaban J connectivity index is 1.56. The first kappa shape index (κ1) is 16.4. The molecule has 4 heterocycles. The summed E-state index contributed by atoms with van der Waals surface area (Å²) in [7, 11) is 1.63. The molecular weight excluding hydrogens is 330 g/mol. The van der Waals surface area contributed by atoms with Gasteiger partial charge in [0.2, 0.25) is 0 Å². The molecule has 0 saturated heterocycles. The van der Waals surface area contributed by atoms with Gasteiger partial charge in [-0.15, -0.1) is 0 Å². The molecule has 1 aliphatic heterocycles. The standard InChI is InChI=1S/C19H19N5O2/c1-26-15-8-13(9-21-10-15)11-24-7-4-17-16(12-24)19(25)23-18(22-17)14-2-5-20-6-3-14/h2-3,5-6,8-10H,4,7,11-12H2,1H3,(H,22,23,25). The Morgan fingerprint density at radius 1 is 1.23 bits per heavy atom. The van der Waals surface area contributed by atoms with Gasteiger partial charge in [0.1, 0.15) is 11.6 Å². The number of nitrogens with one attached hydrogen (secondary N) is 1. The minimum atomic E-state index is -0.0738. The number of ether oxygens (including phenoxy) is 1. The molecule has 0 radical (unpaired) electrons. The van der Waals surface area contributed by atoms with Gasteiger partial charge >= 0.3 is 0 Å². The first-order valence-corrected chi connectivity index (χ1v) is 8.45. The molecule has 26 heavy (non-hydrogen) atoms. The lowest BCUT2D eigenvalue weighted by Crippen LogP contribution is -2.35. The molecule has 0 bridgehead atoms. The van der Waals surface area contributed by atoms with E-state index in [1.165, 1.54) is 0 Å². The van der Waals surface area contributed by atoms with E-state index < -0.39 is 0 Å². The summed E-state index contributed by atoms with van der Waals surface area (Å²) in [4.78, 5) is 30.6. The van der Waals surface area contributed by atoms with E-state index in [4.69, 9.17) is 4.74 Å². The number of rotatable bonds is 4. The summed E-state index contributed by atoms with van der Waals surface area (Å²) in [5.41, 5.74) is 3.47. The fourth-order valence-electron chi connectivity index (χ4n) is 3.18. The fraction of sp³-hybridized carbons (Fsp3) is 0.263. The van der Waals surface area contributed by atoms with Crippen LogP contribution in [-0.4, -0.2) is 38.5 Å². The highest BCUT2D eigenvalue weighted by Gasteiger charge is 2.21. The van der Waals surface area contributed by atoms with Crippen LogP contribution in [0.4, 0.5) is 0 Å². The Hall–Kier alpha value is -3.06. The van der Waals surface area contributed by atoms with Crippen LogP contribution in [0.2, 0.25) is 0 Å². The predicted molar refractivity (Wildman–Crippen MR) is 96.7 cm³/mol. The zero-order valence-corrected chi connectivity index (χ0v) is 14.5. The summed E-state index contributed by atoms with van der Waals surface area (Å²) < 4.78 is 5.22. The van der Waals surface area contributed by atoms with Crippen molar-refractivity contribution in [3.63, 3.8) is 0 Å². The van der Waals surface area contributed by atoms with E-state index in [0.29, 0.717) is 12.4 Å². The number of aromatic amines is 1. The van der Waals surface area contributed by atoms with Gasteiger partial charge in [-0.2, -0.15) is 0 Å². The number of pyridine rings is 2. The Bertz CT molecular complexity index is 971. The number of methoxy groups -OCH3 is 1. The van der Waals surface area contributed by atoms with Gasteiger partial charge in [-0.3, -0.25) is 19.7 Å². The van der Waals surface area contributed by atoms with Crippen LogP contribution in [0.1, 0.15) is 16.8 Å². The maximum absolute atomic E-state index is 12.6. The van der Waals surface area contributed by atoms with Gasteiger partial charge in [0.05, 0.1) is 24.6 Å². The smallest absolute Gasteiger partial charge is 0.255 e. The van der Waals surface area contributed by atoms with E-state index in [2.05, 4.69) is 24.8 Å². The highest BCUT2D eigenvalue weighted by molar-refractivity contribution is 5.54. The number of fused-ring (bicyclic) bond motifs is 1. The van der Waals surface area contributed by atoms with Gasteiger partial charge in [0.25, 0.3) is 5.56 Å². The minimum Gasteiger partial charge on any atom is -0.495 e. The van der Waals surface area contributed by atoms with Crippen LogP contribution in [0.5, 0.6) is 5.75 Å². The molecule has 7 heteroatoms. The molecule has 0 spiro atoms. The third-order valence-electron chi connectivity index (χ3n) is 4.51. The summed E-state index contributed by atoms with van der Waals surface area (Å²) in [6.07, 6.45) is 7.64. The second kappa shape index (κ2) is 7.05. The fourth-order valence-corrected chi connectivity index (χ4v) is 3.18. The van der Waals surface area contributed by atoms with Crippen LogP contribution >= 0.6 is 0 Å². The van der Waals surface area contributed by atoms with Crippen molar-refractivity contribution in [1.29, 1.82) is 0 Å². The van der Waals surface area contributed by atoms with Gasteiger partial charge < -0.3 is 9.72 Å². The van der Waals surface area contributed by atoms with Crippen molar-refractivity contribution in [2.45, 2.75) is 19.5 Å². The molecular formula is C19H19N5O2. The molecule has 0 unspecified atom stereocenters. The average Bonchev–Trinajstić information content (AvgIpc) is 2.69. The molecule has 7 nitrogen and oxygen atoms in total. The normalized spacial score (nSPS) is 14.0. The van der Waals surface area contributed by atoms with E-state index in [-0.39, 0.29) is 5.56 Å². The van der Waals surface area contributed by atoms with Crippen LogP contribution in [0.15, 0.2) is 47.8 Å². The van der Waals surface area contributed by atoms with E-state index in [1.54, 1.807) is 25.7 Å². The van der Waals surface area contributed by atoms with Crippen LogP contribution in [0.25, 0.3) is 11.4 Å². The van der Waals surface area contributed by atoms with Gasteiger partial charge in [0, 0.05) is 50.2 Å². The third kappa shape index (κ3) is 3.34. The van der Waals surface area contributed by atoms with E-state index in [9.17, 15) is 4.79 Å². The van der Waals surface area contributed by atoms with Gasteiger partial charge in [-0.1, -0.05) is 0 Å². The molecule has 0 aromatic carbocycles. The summed E-state index contributed by atoms with van der Waals surface area (Å²) >= 11 is 0. The average molecular weight is 349 g/mol. The maximum atomic E-state index is 12.6. The molecule has 1 aliphatic rings. The SMILES string of the molecule is COc1cncc(CN2CCc3nc(-c4ccncc4)[nH]c(=O)c3C2)c1. The second-order valence-corrected chi connectivity index (χ2v) is 6.27. The van der Waals surface area contributed by atoms with E-state index in [1.807, 2.05) is 24.4 Å². The molecule has 132 valence electrons. The molecule has 4 rings (SSSR count). The number of hydrogen-bond donors (Lipinski definition) is 1. The largest absolute Gasteiger partial charge is 0.495 e. The van der Waals surface area contributed by atoms with Crippen molar-refractivity contribution in [3.05, 3.63) is 70.2 Å². The van der Waals surface area contributed by atoms with Gasteiger partial charge in [0.15, 0.2) is 0 Å². The minimum absolute atomic E-state index is 0.0738. The number of H-pyrrole nitrogens is 1. The summed E-state index contributed by atoms with van der Waals surface area (Å²) in [5.74, 6) is 1.34. The molecule has 3 aromatic rings. The summed E-state index contributed by atoms with van der Waals surface area (Å²) in [5, 5.41) is 0. The first-order valence-electron chi connectivity index (χ1n) is 8.45. The van der Waals surface area contributed by atoms with Gasteiger partial charge in [-0.05, 0) is 23.8 Å². The van der Waals surface area contributed by atoms with Crippen molar-refractivity contribution in [3.8, 4) is 17.1 Å². The molecule has 3 aromatic heterocycles. The van der Waals surface area contributed by atoms with E-state index >= 15 is 0 Å². The first-order chi connectivity index (χ1) is 12.7. The Morgan fingerprint density at radius 3 is 2.88 bits per heavy atom. The van der Waals surface area contributed by atoms with Crippen molar-refractivity contribution in [2.75, 3.05) is 13.7 Å². The van der Waals surface area contributed by atoms with Crippen LogP contribution < -0.4 is 10.3 Å². The lowest BCUT2D eigenvalue weighted by molar-refractivity contribution is 0.241. The zero-order valence-electron chi connectivity index (χ0n) is 14.5. The Labute approximate surface area is 150 Å². The number of hydrogen-bond acceptors (Lipinski definition) is 6. The molecule has 0 amide bonds. The molecule has 0 saturated carbocycles. The summed E-state index contributed by atoms with van der Waals surface area (Å²) in [6, 6.07) is 5.66. The van der Waals surface area contributed by atoms with Crippen molar-refractivity contribution >= 4 is 0 Å². The Kier molecular flexibility index (Phi) is 4.45. The topological polar surface area (TPSA) is 84.0 Å². The number of aromatic nitrogens is 4. The monoisotopic (exact) mass is 349 g/mol. The quantitative estimate of drug-likeness (QED) is 0.773. The van der Waals surface area contributed by atoms with Crippen LogP contribution in [0, 0.1) is 0 Å². The van der Waals surface area contributed by atoms with Crippen molar-refractivity contribution in [2.24, 2.45) is 0 Å². The molecule has 0 aliphatic carbocycles. The van der Waals surface area contributed by atoms with Crippen molar-refractivity contribution < 1.29 is 4.74 Å². The second-order valence-electron chi connectivity index (χ2n) is 6.27. The molecule has 0 atom stereocenters. The van der Waals surface area contributed by atoms with Crippen LogP contribution in [0.3, 0.4) is 0 Å². The lowest BCUT2D eigenvalue weighted by atomic mass is 10.1. The lowest BCUT2D eigenvalue weighted by Gasteiger charge is -2.27. The third-order valence-corrected chi connectivity index (χ3v) is 4.51. The number of nitrogens with zero attached hydrogens (tertiary/aromatic N) is 4. The zero-order chi connectivity index (χ0) is 17.9. The highest BCUT2D eigenvalue weighted by atomic mass is 16.5. The molecule has 0 fully saturated rings. The molecule has 1 N–H and O–H groups in total. The predicted octanol–water partition coefficient (Wildman–Crippen LogP) is 1.79. The highest BCUT2D eigenvalue weighted by Crippen LogP contribution is 2.20. The van der Waals surface area contributed by atoms with E-state index in [0.717, 1.165) is 47.6 Å². The van der Waals surface area contributed by atoms with Crippen LogP contribution in [-0.2, 0) is 19.5 Å². The van der Waals surface area contributed by atoms with Crippen molar-refractivity contribution in [1.82, 2.24) is 24.8 Å².